The van der Waals surface area contributed by atoms with Crippen molar-refractivity contribution in [1.82, 2.24) is 0 Å². The van der Waals surface area contributed by atoms with Crippen LogP contribution in [0.15, 0.2) is 46.0 Å². The highest BCUT2D eigenvalue weighted by atomic mass is 32.2. The Bertz CT molecular complexity index is 574. The number of hydrogen-bond donors (Lipinski definition) is 1. The normalized spacial score (nSPS) is 11.3. The summed E-state index contributed by atoms with van der Waals surface area (Å²) < 4.78 is 26.6. The van der Waals surface area contributed by atoms with E-state index in [0.29, 0.717) is 10.6 Å². The summed E-state index contributed by atoms with van der Waals surface area (Å²) in [5.41, 5.74) is 1.35. The van der Waals surface area contributed by atoms with E-state index in [4.69, 9.17) is 0 Å². The quantitative estimate of drug-likeness (QED) is 0.914. The van der Waals surface area contributed by atoms with Gasteiger partial charge in [0.05, 0.1) is 10.6 Å². The molecule has 0 aliphatic heterocycles. The molecule has 0 fully saturated rings. The van der Waals surface area contributed by atoms with E-state index in [9.17, 15) is 8.42 Å². The summed E-state index contributed by atoms with van der Waals surface area (Å²) in [5.74, 6) is 0. The molecule has 0 amide bonds. The van der Waals surface area contributed by atoms with Crippen LogP contribution in [0.3, 0.4) is 0 Å². The molecule has 0 bridgehead atoms. The Balaban J connectivity index is 2.37. The summed E-state index contributed by atoms with van der Waals surface area (Å²) in [6, 6.07) is 8.65. The summed E-state index contributed by atoms with van der Waals surface area (Å²) in [4.78, 5) is 0.321. The minimum atomic E-state index is -3.46. The number of aryl methyl sites for hydroxylation is 1. The SMILES string of the molecule is Cc1ccccc1S(=O)(=O)Nc1ccsc1. The van der Waals surface area contributed by atoms with Gasteiger partial charge in [0.1, 0.15) is 0 Å². The van der Waals surface area contributed by atoms with Crippen molar-refractivity contribution in [3.05, 3.63) is 46.7 Å². The molecule has 2 aromatic rings. The van der Waals surface area contributed by atoms with Crippen LogP contribution in [0.4, 0.5) is 5.69 Å². The first-order valence-electron chi connectivity index (χ1n) is 4.70. The van der Waals surface area contributed by atoms with Gasteiger partial charge < -0.3 is 0 Å². The second-order valence-electron chi connectivity index (χ2n) is 3.38. The lowest BCUT2D eigenvalue weighted by molar-refractivity contribution is 0.600. The highest BCUT2D eigenvalue weighted by molar-refractivity contribution is 7.92. The number of hydrogen-bond acceptors (Lipinski definition) is 3. The number of nitrogens with one attached hydrogen (secondary N) is 1. The third-order valence-corrected chi connectivity index (χ3v) is 4.38. The lowest BCUT2D eigenvalue weighted by Crippen LogP contribution is -2.13. The Labute approximate surface area is 98.8 Å². The minimum absolute atomic E-state index is 0.321. The predicted molar refractivity (Wildman–Crippen MR) is 66.3 cm³/mol. The van der Waals surface area contributed by atoms with Crippen LogP contribution in [-0.2, 0) is 10.0 Å². The van der Waals surface area contributed by atoms with Crippen LogP contribution in [0.25, 0.3) is 0 Å². The average molecular weight is 253 g/mol. The summed E-state index contributed by atoms with van der Waals surface area (Å²) in [7, 11) is -3.46. The zero-order valence-corrected chi connectivity index (χ0v) is 10.3. The van der Waals surface area contributed by atoms with E-state index in [1.807, 2.05) is 11.4 Å². The van der Waals surface area contributed by atoms with Crippen molar-refractivity contribution in [1.29, 1.82) is 0 Å². The van der Waals surface area contributed by atoms with Gasteiger partial charge in [-0.3, -0.25) is 4.72 Å². The largest absolute Gasteiger partial charge is 0.279 e. The van der Waals surface area contributed by atoms with Gasteiger partial charge in [-0.05, 0) is 30.0 Å². The second-order valence-corrected chi connectivity index (χ2v) is 5.81. The van der Waals surface area contributed by atoms with E-state index in [-0.39, 0.29) is 0 Å². The van der Waals surface area contributed by atoms with Crippen molar-refractivity contribution in [2.45, 2.75) is 11.8 Å². The van der Waals surface area contributed by atoms with Gasteiger partial charge in [0.25, 0.3) is 10.0 Å². The Morgan fingerprint density at radius 2 is 1.94 bits per heavy atom. The van der Waals surface area contributed by atoms with E-state index < -0.39 is 10.0 Å². The van der Waals surface area contributed by atoms with Crippen molar-refractivity contribution < 1.29 is 8.42 Å². The molecule has 1 aromatic heterocycles. The molecular weight excluding hydrogens is 242 g/mol. The fraction of sp³-hybridized carbons (Fsp3) is 0.0909. The highest BCUT2D eigenvalue weighted by Crippen LogP contribution is 2.20. The van der Waals surface area contributed by atoms with Gasteiger partial charge >= 0.3 is 0 Å². The number of rotatable bonds is 3. The summed E-state index contributed by atoms with van der Waals surface area (Å²) >= 11 is 1.45. The third kappa shape index (κ3) is 2.25. The predicted octanol–water partition coefficient (Wildman–Crippen LogP) is 2.86. The third-order valence-electron chi connectivity index (χ3n) is 2.16. The van der Waals surface area contributed by atoms with Crippen molar-refractivity contribution in [3.63, 3.8) is 0 Å². The van der Waals surface area contributed by atoms with Gasteiger partial charge in [-0.1, -0.05) is 18.2 Å². The lowest BCUT2D eigenvalue weighted by Gasteiger charge is -2.08. The summed E-state index contributed by atoms with van der Waals surface area (Å²) in [6.07, 6.45) is 0. The Morgan fingerprint density at radius 1 is 1.19 bits per heavy atom. The lowest BCUT2D eigenvalue weighted by atomic mass is 10.2. The van der Waals surface area contributed by atoms with Gasteiger partial charge in [0.2, 0.25) is 0 Å². The van der Waals surface area contributed by atoms with Gasteiger partial charge in [-0.2, -0.15) is 11.3 Å². The standard InChI is InChI=1S/C11H11NO2S2/c1-9-4-2-3-5-11(9)16(13,14)12-10-6-7-15-8-10/h2-8,12H,1H3. The number of thiophene rings is 1. The van der Waals surface area contributed by atoms with Crippen molar-refractivity contribution in [2.24, 2.45) is 0 Å². The van der Waals surface area contributed by atoms with Crippen molar-refractivity contribution >= 4 is 27.0 Å². The van der Waals surface area contributed by atoms with Gasteiger partial charge in [0.15, 0.2) is 0 Å². The maximum Gasteiger partial charge on any atom is 0.262 e. The first kappa shape index (κ1) is 11.2. The van der Waals surface area contributed by atoms with E-state index >= 15 is 0 Å². The summed E-state index contributed by atoms with van der Waals surface area (Å²) in [5, 5.41) is 3.59. The maximum absolute atomic E-state index is 12.0. The fourth-order valence-corrected chi connectivity index (χ4v) is 3.35. The molecule has 0 spiro atoms. The molecular formula is C11H11NO2S2. The molecule has 0 aliphatic rings. The van der Waals surface area contributed by atoms with Crippen LogP contribution < -0.4 is 4.72 Å². The number of sulfonamides is 1. The minimum Gasteiger partial charge on any atom is -0.279 e. The Hall–Kier alpha value is -1.33. The van der Waals surface area contributed by atoms with Crippen LogP contribution >= 0.6 is 11.3 Å². The van der Waals surface area contributed by atoms with Crippen LogP contribution in [0.2, 0.25) is 0 Å². The molecule has 3 nitrogen and oxygen atoms in total. The molecule has 0 atom stereocenters. The molecule has 0 unspecified atom stereocenters. The van der Waals surface area contributed by atoms with Crippen molar-refractivity contribution in [3.8, 4) is 0 Å². The first-order chi connectivity index (χ1) is 7.59. The first-order valence-corrected chi connectivity index (χ1v) is 7.13. The van der Waals surface area contributed by atoms with Crippen LogP contribution in [-0.4, -0.2) is 8.42 Å². The Kier molecular flexibility index (Phi) is 2.98. The molecule has 0 aliphatic carbocycles. The average Bonchev–Trinajstić information content (AvgIpc) is 2.70. The molecule has 5 heteroatoms. The second kappa shape index (κ2) is 4.27. The van der Waals surface area contributed by atoms with Gasteiger partial charge in [-0.25, -0.2) is 8.42 Å². The maximum atomic E-state index is 12.0. The summed E-state index contributed by atoms with van der Waals surface area (Å²) in [6.45, 7) is 1.78. The number of benzene rings is 1. The van der Waals surface area contributed by atoms with E-state index in [0.717, 1.165) is 5.56 Å². The van der Waals surface area contributed by atoms with E-state index in [1.165, 1.54) is 11.3 Å². The molecule has 84 valence electrons. The zero-order chi connectivity index (χ0) is 11.6. The van der Waals surface area contributed by atoms with Crippen LogP contribution in [0.5, 0.6) is 0 Å². The fourth-order valence-electron chi connectivity index (χ4n) is 1.39. The topological polar surface area (TPSA) is 46.2 Å². The van der Waals surface area contributed by atoms with Crippen LogP contribution in [0.1, 0.15) is 5.56 Å². The van der Waals surface area contributed by atoms with Crippen LogP contribution in [0, 0.1) is 6.92 Å². The highest BCUT2D eigenvalue weighted by Gasteiger charge is 2.15. The Morgan fingerprint density at radius 3 is 2.56 bits per heavy atom. The molecule has 1 N–H and O–H groups in total. The van der Waals surface area contributed by atoms with Gasteiger partial charge in [0, 0.05) is 5.38 Å². The molecule has 1 heterocycles. The molecule has 1 aromatic carbocycles. The smallest absolute Gasteiger partial charge is 0.262 e. The molecule has 0 saturated heterocycles. The molecule has 0 radical (unpaired) electrons. The van der Waals surface area contributed by atoms with Crippen molar-refractivity contribution in [2.75, 3.05) is 4.72 Å². The molecule has 0 saturated carbocycles. The molecule has 16 heavy (non-hydrogen) atoms. The number of anilines is 1. The zero-order valence-electron chi connectivity index (χ0n) is 8.67. The molecule has 2 rings (SSSR count). The van der Waals surface area contributed by atoms with E-state index in [1.54, 1.807) is 36.6 Å². The van der Waals surface area contributed by atoms with Gasteiger partial charge in [-0.15, -0.1) is 0 Å². The van der Waals surface area contributed by atoms with E-state index in [2.05, 4.69) is 4.72 Å². The monoisotopic (exact) mass is 253 g/mol.